The van der Waals surface area contributed by atoms with Crippen LogP contribution in [0.15, 0.2) is 60.0 Å². The molecule has 1 aliphatic carbocycles. The Kier molecular flexibility index (Phi) is 4.63. The van der Waals surface area contributed by atoms with Crippen molar-refractivity contribution in [2.75, 3.05) is 0 Å². The monoisotopic (exact) mass is 278 g/mol. The van der Waals surface area contributed by atoms with Crippen molar-refractivity contribution in [3.05, 3.63) is 71.1 Å². The maximum atomic E-state index is 12.2. The first kappa shape index (κ1) is 14.7. The number of allylic oxidation sites excluding steroid dienone is 4. The summed E-state index contributed by atoms with van der Waals surface area (Å²) < 4.78 is 0. The summed E-state index contributed by atoms with van der Waals surface area (Å²) in [5, 5.41) is 2.83. The Morgan fingerprint density at radius 2 is 2.05 bits per heavy atom. The molecule has 3 heteroatoms. The number of hydrogen-bond donors (Lipinski definition) is 2. The van der Waals surface area contributed by atoms with Crippen molar-refractivity contribution in [1.29, 1.82) is 0 Å². The van der Waals surface area contributed by atoms with E-state index in [9.17, 15) is 4.79 Å². The van der Waals surface area contributed by atoms with Gasteiger partial charge in [0, 0.05) is 16.8 Å². The van der Waals surface area contributed by atoms with Gasteiger partial charge < -0.3 is 11.1 Å². The van der Waals surface area contributed by atoms with Crippen LogP contribution in [0, 0.1) is 11.8 Å². The van der Waals surface area contributed by atoms with Gasteiger partial charge in [-0.3, -0.25) is 4.79 Å². The summed E-state index contributed by atoms with van der Waals surface area (Å²) in [6.45, 7) is 5.58. The Hall–Kier alpha value is -2.73. The third-order valence-corrected chi connectivity index (χ3v) is 3.03. The Balaban J connectivity index is 2.09. The van der Waals surface area contributed by atoms with E-state index in [1.54, 1.807) is 12.1 Å². The van der Waals surface area contributed by atoms with E-state index >= 15 is 0 Å². The molecule has 0 bridgehead atoms. The van der Waals surface area contributed by atoms with Crippen molar-refractivity contribution in [1.82, 2.24) is 5.32 Å². The predicted molar refractivity (Wildman–Crippen MR) is 85.2 cm³/mol. The zero-order valence-electron chi connectivity index (χ0n) is 12.1. The van der Waals surface area contributed by atoms with Gasteiger partial charge >= 0.3 is 0 Å². The van der Waals surface area contributed by atoms with Gasteiger partial charge in [-0.1, -0.05) is 24.5 Å². The van der Waals surface area contributed by atoms with Gasteiger partial charge in [0.1, 0.15) is 0 Å². The fraction of sp³-hybridized carbons (Fsp3) is 0.167. The first-order valence-corrected chi connectivity index (χ1v) is 6.80. The average molecular weight is 278 g/mol. The van der Waals surface area contributed by atoms with Gasteiger partial charge in [0.2, 0.25) is 0 Å². The molecule has 21 heavy (non-hydrogen) atoms. The summed E-state index contributed by atoms with van der Waals surface area (Å²) in [5.41, 5.74) is 9.53. The molecule has 1 aromatic rings. The first-order valence-electron chi connectivity index (χ1n) is 6.80. The van der Waals surface area contributed by atoms with Crippen LogP contribution in [0.25, 0.3) is 0 Å². The molecule has 1 aliphatic rings. The summed E-state index contributed by atoms with van der Waals surface area (Å²) in [6.07, 6.45) is 5.55. The number of rotatable bonds is 2. The van der Waals surface area contributed by atoms with E-state index in [1.165, 1.54) is 0 Å². The second-order valence-electron chi connectivity index (χ2n) is 4.94. The molecule has 0 atom stereocenters. The van der Waals surface area contributed by atoms with Crippen LogP contribution < -0.4 is 11.1 Å². The van der Waals surface area contributed by atoms with E-state index in [1.807, 2.05) is 31.2 Å². The lowest BCUT2D eigenvalue weighted by Gasteiger charge is -2.13. The van der Waals surface area contributed by atoms with Gasteiger partial charge in [0.25, 0.3) is 5.91 Å². The van der Waals surface area contributed by atoms with Gasteiger partial charge in [-0.2, -0.15) is 0 Å². The van der Waals surface area contributed by atoms with E-state index in [2.05, 4.69) is 23.7 Å². The molecule has 1 aromatic carbocycles. The highest BCUT2D eigenvalue weighted by molar-refractivity contribution is 5.95. The zero-order chi connectivity index (χ0) is 15.2. The molecule has 106 valence electrons. The van der Waals surface area contributed by atoms with Crippen molar-refractivity contribution in [2.45, 2.75) is 19.8 Å². The minimum absolute atomic E-state index is 0.168. The molecule has 0 aliphatic heterocycles. The molecular weight excluding hydrogens is 260 g/mol. The topological polar surface area (TPSA) is 55.1 Å². The molecule has 3 N–H and O–H groups in total. The Morgan fingerprint density at radius 3 is 2.67 bits per heavy atom. The molecule has 2 rings (SSSR count). The second-order valence-corrected chi connectivity index (χ2v) is 4.94. The van der Waals surface area contributed by atoms with Crippen LogP contribution in [0.2, 0.25) is 0 Å². The summed E-state index contributed by atoms with van der Waals surface area (Å²) in [7, 11) is 0. The Bertz CT molecular complexity index is 682. The van der Waals surface area contributed by atoms with Crippen LogP contribution in [-0.4, -0.2) is 5.91 Å². The standard InChI is InChI=1S/C18H18N2O/c1-13(2)7-8-14-9-11-15(12-10-14)18(21)20-17-6-4-3-5-16(17)19/h4,6,9-12H,1,3,5,19H2,2H3,(H,20,21). The quantitative estimate of drug-likeness (QED) is 0.817. The molecular formula is C18H18N2O. The second kappa shape index (κ2) is 6.62. The summed E-state index contributed by atoms with van der Waals surface area (Å²) in [4.78, 5) is 12.2. The SMILES string of the molecule is C=C(C)C#Cc1ccc(C(=O)NC2=C(N)CCC=C2)cc1. The highest BCUT2D eigenvalue weighted by Crippen LogP contribution is 2.13. The Labute approximate surface area is 125 Å². The minimum Gasteiger partial charge on any atom is -0.400 e. The minimum atomic E-state index is -0.168. The van der Waals surface area contributed by atoms with Crippen LogP contribution in [0.1, 0.15) is 35.7 Å². The van der Waals surface area contributed by atoms with E-state index in [0.717, 1.165) is 29.7 Å². The zero-order valence-corrected chi connectivity index (χ0v) is 12.1. The fourth-order valence-corrected chi connectivity index (χ4v) is 1.88. The highest BCUT2D eigenvalue weighted by atomic mass is 16.1. The van der Waals surface area contributed by atoms with Crippen molar-refractivity contribution in [3.63, 3.8) is 0 Å². The third kappa shape index (κ3) is 4.12. The molecule has 0 radical (unpaired) electrons. The lowest BCUT2D eigenvalue weighted by Crippen LogP contribution is -2.25. The maximum absolute atomic E-state index is 12.2. The van der Waals surface area contributed by atoms with Crippen molar-refractivity contribution >= 4 is 5.91 Å². The molecule has 0 spiro atoms. The van der Waals surface area contributed by atoms with Crippen molar-refractivity contribution < 1.29 is 4.79 Å². The summed E-state index contributed by atoms with van der Waals surface area (Å²) in [5.74, 6) is 5.71. The summed E-state index contributed by atoms with van der Waals surface area (Å²) >= 11 is 0. The largest absolute Gasteiger partial charge is 0.400 e. The smallest absolute Gasteiger partial charge is 0.255 e. The number of nitrogens with two attached hydrogens (primary N) is 1. The molecule has 1 amide bonds. The number of carbonyl (C=O) groups excluding carboxylic acids is 1. The van der Waals surface area contributed by atoms with Crippen molar-refractivity contribution in [2.24, 2.45) is 5.73 Å². The number of carbonyl (C=O) groups is 1. The van der Waals surface area contributed by atoms with Crippen LogP contribution >= 0.6 is 0 Å². The molecule has 0 heterocycles. The maximum Gasteiger partial charge on any atom is 0.255 e. The lowest BCUT2D eigenvalue weighted by molar-refractivity contribution is 0.0966. The average Bonchev–Trinajstić information content (AvgIpc) is 2.48. The number of nitrogens with one attached hydrogen (secondary N) is 1. The molecule has 0 unspecified atom stereocenters. The van der Waals surface area contributed by atoms with Gasteiger partial charge in [-0.05, 0) is 55.7 Å². The van der Waals surface area contributed by atoms with Gasteiger partial charge in [-0.25, -0.2) is 0 Å². The van der Waals surface area contributed by atoms with E-state index in [4.69, 9.17) is 5.73 Å². The van der Waals surface area contributed by atoms with Crippen LogP contribution in [0.4, 0.5) is 0 Å². The summed E-state index contributed by atoms with van der Waals surface area (Å²) in [6, 6.07) is 7.14. The van der Waals surface area contributed by atoms with E-state index in [0.29, 0.717) is 11.3 Å². The molecule has 0 saturated heterocycles. The van der Waals surface area contributed by atoms with Crippen LogP contribution in [0.5, 0.6) is 0 Å². The van der Waals surface area contributed by atoms with Crippen molar-refractivity contribution in [3.8, 4) is 11.8 Å². The fourth-order valence-electron chi connectivity index (χ4n) is 1.88. The molecule has 3 nitrogen and oxygen atoms in total. The Morgan fingerprint density at radius 1 is 1.33 bits per heavy atom. The van der Waals surface area contributed by atoms with Gasteiger partial charge in [0.15, 0.2) is 0 Å². The van der Waals surface area contributed by atoms with Crippen LogP contribution in [-0.2, 0) is 0 Å². The molecule has 0 saturated carbocycles. The van der Waals surface area contributed by atoms with Crippen LogP contribution in [0.3, 0.4) is 0 Å². The molecule has 0 aromatic heterocycles. The van der Waals surface area contributed by atoms with Gasteiger partial charge in [-0.15, -0.1) is 0 Å². The third-order valence-electron chi connectivity index (χ3n) is 3.03. The number of benzene rings is 1. The highest BCUT2D eigenvalue weighted by Gasteiger charge is 2.10. The van der Waals surface area contributed by atoms with E-state index in [-0.39, 0.29) is 5.91 Å². The lowest BCUT2D eigenvalue weighted by atomic mass is 10.1. The molecule has 0 fully saturated rings. The first-order chi connectivity index (χ1) is 10.1. The van der Waals surface area contributed by atoms with Gasteiger partial charge in [0.05, 0.1) is 5.70 Å². The number of amides is 1. The predicted octanol–water partition coefficient (Wildman–Crippen LogP) is 2.86. The normalized spacial score (nSPS) is 13.4. The van der Waals surface area contributed by atoms with E-state index < -0.39 is 0 Å². The number of hydrogen-bond acceptors (Lipinski definition) is 2.